The van der Waals surface area contributed by atoms with Gasteiger partial charge in [-0.15, -0.1) is 11.3 Å². The fourth-order valence-corrected chi connectivity index (χ4v) is 1.78. The van der Waals surface area contributed by atoms with Gasteiger partial charge in [-0.25, -0.2) is 4.98 Å². The molecular weight excluding hydrogens is 238 g/mol. The second-order valence-electron chi connectivity index (χ2n) is 4.83. The molecule has 0 aliphatic carbocycles. The average Bonchev–Trinajstić information content (AvgIpc) is 2.65. The lowest BCUT2D eigenvalue weighted by atomic mass is 10.1. The van der Waals surface area contributed by atoms with Crippen molar-refractivity contribution in [1.29, 1.82) is 0 Å². The third-order valence-corrected chi connectivity index (χ3v) is 2.48. The Morgan fingerprint density at radius 1 is 1.47 bits per heavy atom. The minimum atomic E-state index is -0.290. The number of aromatic nitrogens is 1. The second kappa shape index (κ2) is 5.27. The number of amides is 2. The quantitative estimate of drug-likeness (QED) is 0.880. The van der Waals surface area contributed by atoms with Crippen LogP contribution in [0.25, 0.3) is 0 Å². The largest absolute Gasteiger partial charge is 0.350 e. The van der Waals surface area contributed by atoms with Gasteiger partial charge in [0.2, 0.25) is 5.91 Å². The summed E-state index contributed by atoms with van der Waals surface area (Å²) in [5, 5.41) is 4.47. The van der Waals surface area contributed by atoms with Crippen LogP contribution in [0.4, 0.5) is 0 Å². The first-order valence-electron chi connectivity index (χ1n) is 5.24. The van der Waals surface area contributed by atoms with Crippen LogP contribution in [0.1, 0.15) is 31.3 Å². The Hall–Kier alpha value is -1.43. The van der Waals surface area contributed by atoms with Crippen LogP contribution in [-0.4, -0.2) is 40.8 Å². The summed E-state index contributed by atoms with van der Waals surface area (Å²) < 4.78 is 0. The number of likely N-dealkylation sites (N-methyl/N-ethyl adjacent to an activating group) is 1. The number of hydrogen-bond acceptors (Lipinski definition) is 4. The van der Waals surface area contributed by atoms with Crippen molar-refractivity contribution in [2.45, 2.75) is 26.3 Å². The van der Waals surface area contributed by atoms with Gasteiger partial charge in [-0.3, -0.25) is 9.59 Å². The summed E-state index contributed by atoms with van der Waals surface area (Å²) in [6, 6.07) is 0. The molecule has 1 rings (SSSR count). The number of hydrogen-bond donors (Lipinski definition) is 1. The number of nitrogens with one attached hydrogen (secondary N) is 1. The summed E-state index contributed by atoms with van der Waals surface area (Å²) in [6.45, 7) is 5.72. The molecule has 0 atom stereocenters. The van der Waals surface area contributed by atoms with E-state index in [1.54, 1.807) is 17.9 Å². The van der Waals surface area contributed by atoms with Crippen molar-refractivity contribution in [3.05, 3.63) is 16.6 Å². The fraction of sp³-hybridized carbons (Fsp3) is 0.545. The fourth-order valence-electron chi connectivity index (χ4n) is 1.26. The summed E-state index contributed by atoms with van der Waals surface area (Å²) in [5.74, 6) is -0.418. The highest BCUT2D eigenvalue weighted by Crippen LogP contribution is 2.04. The lowest BCUT2D eigenvalue weighted by Crippen LogP contribution is -2.46. The van der Waals surface area contributed by atoms with E-state index < -0.39 is 0 Å². The average molecular weight is 255 g/mol. The molecule has 1 aromatic heterocycles. The third-order valence-electron chi connectivity index (χ3n) is 1.89. The van der Waals surface area contributed by atoms with E-state index in [0.717, 1.165) is 0 Å². The first-order valence-corrected chi connectivity index (χ1v) is 6.18. The minimum Gasteiger partial charge on any atom is -0.350 e. The van der Waals surface area contributed by atoms with Crippen molar-refractivity contribution in [1.82, 2.24) is 15.2 Å². The van der Waals surface area contributed by atoms with E-state index in [1.807, 2.05) is 20.8 Å². The van der Waals surface area contributed by atoms with E-state index in [-0.39, 0.29) is 23.9 Å². The number of carbonyl (C=O) groups excluding carboxylic acids is 2. The van der Waals surface area contributed by atoms with E-state index in [4.69, 9.17) is 0 Å². The van der Waals surface area contributed by atoms with Crippen molar-refractivity contribution >= 4 is 23.2 Å². The predicted molar refractivity (Wildman–Crippen MR) is 67.0 cm³/mol. The topological polar surface area (TPSA) is 62.3 Å². The zero-order valence-corrected chi connectivity index (χ0v) is 11.3. The Morgan fingerprint density at radius 2 is 2.12 bits per heavy atom. The van der Waals surface area contributed by atoms with Crippen LogP contribution in [-0.2, 0) is 4.79 Å². The normalized spacial score (nSPS) is 11.1. The Bertz CT molecular complexity index is 395. The molecule has 1 heterocycles. The monoisotopic (exact) mass is 255 g/mol. The lowest BCUT2D eigenvalue weighted by molar-refractivity contribution is -0.122. The van der Waals surface area contributed by atoms with Crippen LogP contribution >= 0.6 is 11.3 Å². The van der Waals surface area contributed by atoms with Gasteiger partial charge in [-0.2, -0.15) is 0 Å². The van der Waals surface area contributed by atoms with Gasteiger partial charge >= 0.3 is 0 Å². The molecule has 0 saturated heterocycles. The molecule has 17 heavy (non-hydrogen) atoms. The molecule has 1 N–H and O–H groups in total. The highest BCUT2D eigenvalue weighted by Gasteiger charge is 2.19. The van der Waals surface area contributed by atoms with E-state index in [9.17, 15) is 9.59 Å². The maximum Gasteiger partial charge on any atom is 0.273 e. The van der Waals surface area contributed by atoms with Crippen molar-refractivity contribution in [2.75, 3.05) is 13.6 Å². The van der Waals surface area contributed by atoms with Gasteiger partial charge in [-0.05, 0) is 20.8 Å². The number of nitrogens with zero attached hydrogens (tertiary/aromatic N) is 2. The Kier molecular flexibility index (Phi) is 4.22. The molecule has 6 heteroatoms. The maximum absolute atomic E-state index is 11.8. The molecule has 0 aliphatic rings. The first kappa shape index (κ1) is 13.6. The van der Waals surface area contributed by atoms with Crippen molar-refractivity contribution < 1.29 is 9.59 Å². The summed E-state index contributed by atoms with van der Waals surface area (Å²) in [4.78, 5) is 28.7. The zero-order chi connectivity index (χ0) is 13.1. The molecule has 0 fully saturated rings. The molecule has 0 unspecified atom stereocenters. The molecule has 0 aliphatic heterocycles. The zero-order valence-electron chi connectivity index (χ0n) is 10.5. The molecule has 1 aromatic rings. The molecule has 0 radical (unpaired) electrons. The summed E-state index contributed by atoms with van der Waals surface area (Å²) >= 11 is 1.36. The molecule has 0 bridgehead atoms. The lowest BCUT2D eigenvalue weighted by Gasteiger charge is -2.23. The molecule has 0 spiro atoms. The van der Waals surface area contributed by atoms with Gasteiger partial charge in [0.1, 0.15) is 5.69 Å². The summed E-state index contributed by atoms with van der Waals surface area (Å²) in [7, 11) is 1.59. The van der Waals surface area contributed by atoms with Crippen LogP contribution in [0.2, 0.25) is 0 Å². The van der Waals surface area contributed by atoms with E-state index in [0.29, 0.717) is 5.69 Å². The molecule has 2 amide bonds. The van der Waals surface area contributed by atoms with Crippen LogP contribution in [0.5, 0.6) is 0 Å². The van der Waals surface area contributed by atoms with Gasteiger partial charge in [0, 0.05) is 18.0 Å². The SMILES string of the molecule is CN(CC(=O)NC(C)(C)C)C(=O)c1cscn1. The van der Waals surface area contributed by atoms with Crippen molar-refractivity contribution in [2.24, 2.45) is 0 Å². The van der Waals surface area contributed by atoms with Crippen LogP contribution in [0.3, 0.4) is 0 Å². The summed E-state index contributed by atoms with van der Waals surface area (Å²) in [5.41, 5.74) is 1.68. The molecule has 0 saturated carbocycles. The smallest absolute Gasteiger partial charge is 0.273 e. The van der Waals surface area contributed by atoms with Crippen LogP contribution < -0.4 is 5.32 Å². The van der Waals surface area contributed by atoms with Gasteiger partial charge < -0.3 is 10.2 Å². The Morgan fingerprint density at radius 3 is 2.59 bits per heavy atom. The van der Waals surface area contributed by atoms with Gasteiger partial charge in [0.25, 0.3) is 5.91 Å². The minimum absolute atomic E-state index is 0.0353. The van der Waals surface area contributed by atoms with Crippen molar-refractivity contribution in [3.8, 4) is 0 Å². The Balaban J connectivity index is 2.52. The van der Waals surface area contributed by atoms with Crippen LogP contribution in [0.15, 0.2) is 10.9 Å². The van der Waals surface area contributed by atoms with E-state index in [1.165, 1.54) is 16.2 Å². The van der Waals surface area contributed by atoms with E-state index in [2.05, 4.69) is 10.3 Å². The van der Waals surface area contributed by atoms with E-state index >= 15 is 0 Å². The van der Waals surface area contributed by atoms with Gasteiger partial charge in [-0.1, -0.05) is 0 Å². The first-order chi connectivity index (χ1) is 7.79. The van der Waals surface area contributed by atoms with Crippen LogP contribution in [0, 0.1) is 0 Å². The maximum atomic E-state index is 11.8. The highest BCUT2D eigenvalue weighted by molar-refractivity contribution is 7.07. The van der Waals surface area contributed by atoms with Gasteiger partial charge in [0.15, 0.2) is 0 Å². The molecule has 94 valence electrons. The predicted octanol–water partition coefficient (Wildman–Crippen LogP) is 1.13. The summed E-state index contributed by atoms with van der Waals surface area (Å²) in [6.07, 6.45) is 0. The van der Waals surface area contributed by atoms with Crippen molar-refractivity contribution in [3.63, 3.8) is 0 Å². The highest BCUT2D eigenvalue weighted by atomic mass is 32.1. The molecular formula is C11H17N3O2S. The second-order valence-corrected chi connectivity index (χ2v) is 5.55. The molecule has 5 nitrogen and oxygen atoms in total. The molecule has 0 aromatic carbocycles. The Labute approximate surface area is 105 Å². The standard InChI is InChI=1S/C11H17N3O2S/c1-11(2,3)13-9(15)5-14(4)10(16)8-6-17-7-12-8/h6-7H,5H2,1-4H3,(H,13,15). The number of rotatable bonds is 3. The number of carbonyl (C=O) groups is 2. The third kappa shape index (κ3) is 4.52. The van der Waals surface area contributed by atoms with Gasteiger partial charge in [0.05, 0.1) is 12.1 Å². The number of thiazole rings is 1.